The number of hydrogen-bond acceptors (Lipinski definition) is 4. The lowest BCUT2D eigenvalue weighted by atomic mass is 9.99. The molecule has 0 bridgehead atoms. The van der Waals surface area contributed by atoms with Gasteiger partial charge in [-0.15, -0.1) is 0 Å². The highest BCUT2D eigenvalue weighted by molar-refractivity contribution is 6.30. The van der Waals surface area contributed by atoms with Crippen molar-refractivity contribution >= 4 is 17.6 Å². The summed E-state index contributed by atoms with van der Waals surface area (Å²) < 4.78 is 5.41. The van der Waals surface area contributed by atoms with Crippen LogP contribution in [0, 0.1) is 0 Å². The van der Waals surface area contributed by atoms with E-state index in [2.05, 4.69) is 10.3 Å². The fourth-order valence-electron chi connectivity index (χ4n) is 1.75. The van der Waals surface area contributed by atoms with Crippen molar-refractivity contribution in [1.82, 2.24) is 10.3 Å². The van der Waals surface area contributed by atoms with E-state index in [-0.39, 0.29) is 0 Å². The van der Waals surface area contributed by atoms with E-state index >= 15 is 0 Å². The smallest absolute Gasteiger partial charge is 0.323 e. The molecule has 21 heavy (non-hydrogen) atoms. The molecule has 0 spiro atoms. The number of halogens is 1. The predicted octanol–water partition coefficient (Wildman–Crippen LogP) is 3.34. The summed E-state index contributed by atoms with van der Waals surface area (Å²) >= 11 is 5.83. The van der Waals surface area contributed by atoms with Crippen molar-refractivity contribution in [3.8, 4) is 11.5 Å². The van der Waals surface area contributed by atoms with E-state index in [1.165, 1.54) is 6.26 Å². The summed E-state index contributed by atoms with van der Waals surface area (Å²) in [4.78, 5) is 15.6. The van der Waals surface area contributed by atoms with Gasteiger partial charge in [-0.25, -0.2) is 4.98 Å². The second-order valence-electron chi connectivity index (χ2n) is 5.00. The topological polar surface area (TPSA) is 75.4 Å². The van der Waals surface area contributed by atoms with Crippen molar-refractivity contribution in [2.24, 2.45) is 0 Å². The highest BCUT2D eigenvalue weighted by Gasteiger charge is 2.30. The highest BCUT2D eigenvalue weighted by Crippen LogP contribution is 2.21. The van der Waals surface area contributed by atoms with E-state index in [1.807, 2.05) is 19.1 Å². The predicted molar refractivity (Wildman–Crippen MR) is 80.1 cm³/mol. The summed E-state index contributed by atoms with van der Waals surface area (Å²) in [5.41, 5.74) is 0.502. The van der Waals surface area contributed by atoms with Gasteiger partial charge >= 0.3 is 5.97 Å². The number of oxazole rings is 1. The lowest BCUT2D eigenvalue weighted by Crippen LogP contribution is -2.48. The van der Waals surface area contributed by atoms with Gasteiger partial charge in [-0.2, -0.15) is 0 Å². The molecule has 0 saturated heterocycles. The number of hydrogen-bond donors (Lipinski definition) is 2. The minimum absolute atomic E-state index is 0.327. The van der Waals surface area contributed by atoms with Crippen LogP contribution in [0.4, 0.5) is 0 Å². The molecule has 0 aliphatic carbocycles. The summed E-state index contributed by atoms with van der Waals surface area (Å²) in [7, 11) is 0. The molecule has 112 valence electrons. The average Bonchev–Trinajstić information content (AvgIpc) is 2.94. The van der Waals surface area contributed by atoms with Gasteiger partial charge in [-0.05, 0) is 37.6 Å². The normalized spacial score (nSPS) is 13.9. The Morgan fingerprint density at radius 2 is 2.10 bits per heavy atom. The molecule has 0 fully saturated rings. The molecule has 1 atom stereocenters. The van der Waals surface area contributed by atoms with Gasteiger partial charge in [-0.3, -0.25) is 10.1 Å². The molecule has 1 aromatic carbocycles. The van der Waals surface area contributed by atoms with E-state index in [0.29, 0.717) is 29.6 Å². The van der Waals surface area contributed by atoms with E-state index < -0.39 is 11.5 Å². The minimum atomic E-state index is -0.973. The molecule has 2 N–H and O–H groups in total. The van der Waals surface area contributed by atoms with Gasteiger partial charge in [0, 0.05) is 17.1 Å². The number of aliphatic carboxylic acids is 1. The lowest BCUT2D eigenvalue weighted by molar-refractivity contribution is -0.144. The molecule has 2 rings (SSSR count). The van der Waals surface area contributed by atoms with Gasteiger partial charge in [0.05, 0.1) is 5.69 Å². The number of carbonyl (C=O) groups is 1. The third kappa shape index (κ3) is 3.62. The SMILES string of the molecule is CCC(C)(NCc1coc(-c2ccc(Cl)cc2)n1)C(=O)O. The van der Waals surface area contributed by atoms with Crippen LogP contribution in [-0.2, 0) is 11.3 Å². The van der Waals surface area contributed by atoms with Crippen LogP contribution in [0.15, 0.2) is 34.9 Å². The van der Waals surface area contributed by atoms with Gasteiger partial charge < -0.3 is 9.52 Å². The molecule has 0 saturated carbocycles. The molecule has 5 nitrogen and oxygen atoms in total. The molecular weight excluding hydrogens is 292 g/mol. The monoisotopic (exact) mass is 308 g/mol. The lowest BCUT2D eigenvalue weighted by Gasteiger charge is -2.23. The fraction of sp³-hybridized carbons (Fsp3) is 0.333. The van der Waals surface area contributed by atoms with E-state index in [4.69, 9.17) is 16.0 Å². The van der Waals surface area contributed by atoms with Crippen molar-refractivity contribution in [3.05, 3.63) is 41.2 Å². The second-order valence-corrected chi connectivity index (χ2v) is 5.43. The first-order chi connectivity index (χ1) is 9.94. The van der Waals surface area contributed by atoms with Gasteiger partial charge in [0.15, 0.2) is 0 Å². The Labute approximate surface area is 128 Å². The summed E-state index contributed by atoms with van der Waals surface area (Å²) in [5.74, 6) is -0.400. The van der Waals surface area contributed by atoms with Crippen LogP contribution in [-0.4, -0.2) is 21.6 Å². The zero-order valence-corrected chi connectivity index (χ0v) is 12.6. The van der Waals surface area contributed by atoms with Crippen LogP contribution in [0.25, 0.3) is 11.5 Å². The highest BCUT2D eigenvalue weighted by atomic mass is 35.5. The number of carboxylic acids is 1. The molecule has 0 aliphatic heterocycles. The molecule has 0 radical (unpaired) electrons. The van der Waals surface area contributed by atoms with Crippen molar-refractivity contribution in [2.45, 2.75) is 32.4 Å². The molecular formula is C15H17ClN2O3. The first kappa shape index (κ1) is 15.5. The average molecular weight is 309 g/mol. The Bertz CT molecular complexity index is 624. The Kier molecular flexibility index (Phi) is 4.65. The fourth-order valence-corrected chi connectivity index (χ4v) is 1.88. The minimum Gasteiger partial charge on any atom is -0.480 e. The third-order valence-corrected chi connectivity index (χ3v) is 3.73. The largest absolute Gasteiger partial charge is 0.480 e. The van der Waals surface area contributed by atoms with E-state index in [0.717, 1.165) is 5.56 Å². The number of aromatic nitrogens is 1. The van der Waals surface area contributed by atoms with Gasteiger partial charge in [0.1, 0.15) is 11.8 Å². The Balaban J connectivity index is 2.07. The maximum atomic E-state index is 11.2. The van der Waals surface area contributed by atoms with Gasteiger partial charge in [0.2, 0.25) is 5.89 Å². The van der Waals surface area contributed by atoms with Crippen LogP contribution >= 0.6 is 11.6 Å². The first-order valence-electron chi connectivity index (χ1n) is 6.63. The maximum Gasteiger partial charge on any atom is 0.323 e. The molecule has 1 unspecified atom stereocenters. The molecule has 1 aromatic heterocycles. The van der Waals surface area contributed by atoms with Crippen LogP contribution in [0.3, 0.4) is 0 Å². The number of rotatable bonds is 6. The Hall–Kier alpha value is -1.85. The van der Waals surface area contributed by atoms with Crippen LogP contribution in [0.1, 0.15) is 26.0 Å². The second kappa shape index (κ2) is 6.28. The molecule has 2 aromatic rings. The standard InChI is InChI=1S/C15H17ClN2O3/c1-3-15(2,14(19)20)17-8-12-9-21-13(18-12)10-4-6-11(16)7-5-10/h4-7,9,17H,3,8H2,1-2H3,(H,19,20). The van der Waals surface area contributed by atoms with Crippen molar-refractivity contribution in [2.75, 3.05) is 0 Å². The van der Waals surface area contributed by atoms with Crippen LogP contribution in [0.2, 0.25) is 5.02 Å². The van der Waals surface area contributed by atoms with Crippen molar-refractivity contribution in [3.63, 3.8) is 0 Å². The number of carboxylic acid groups (broad SMARTS) is 1. The quantitative estimate of drug-likeness (QED) is 0.856. The number of nitrogens with zero attached hydrogens (tertiary/aromatic N) is 1. The van der Waals surface area contributed by atoms with Crippen LogP contribution < -0.4 is 5.32 Å². The molecule has 1 heterocycles. The van der Waals surface area contributed by atoms with Crippen LogP contribution in [0.5, 0.6) is 0 Å². The van der Waals surface area contributed by atoms with Crippen molar-refractivity contribution in [1.29, 1.82) is 0 Å². The Morgan fingerprint density at radius 1 is 1.43 bits per heavy atom. The van der Waals surface area contributed by atoms with E-state index in [1.54, 1.807) is 19.1 Å². The summed E-state index contributed by atoms with van der Waals surface area (Å²) in [5, 5.41) is 12.8. The Morgan fingerprint density at radius 3 is 2.67 bits per heavy atom. The van der Waals surface area contributed by atoms with E-state index in [9.17, 15) is 9.90 Å². The van der Waals surface area contributed by atoms with Gasteiger partial charge in [0.25, 0.3) is 0 Å². The zero-order chi connectivity index (χ0) is 15.5. The summed E-state index contributed by atoms with van der Waals surface area (Å²) in [6.45, 7) is 3.80. The number of benzene rings is 1. The molecule has 0 amide bonds. The summed E-state index contributed by atoms with van der Waals surface area (Å²) in [6, 6.07) is 7.16. The molecule has 6 heteroatoms. The van der Waals surface area contributed by atoms with Crippen molar-refractivity contribution < 1.29 is 14.3 Å². The first-order valence-corrected chi connectivity index (χ1v) is 7.01. The maximum absolute atomic E-state index is 11.2. The van der Waals surface area contributed by atoms with Gasteiger partial charge in [-0.1, -0.05) is 18.5 Å². The summed E-state index contributed by atoms with van der Waals surface area (Å²) in [6.07, 6.45) is 2.00. The third-order valence-electron chi connectivity index (χ3n) is 3.48. The number of nitrogens with one attached hydrogen (secondary N) is 1. The zero-order valence-electron chi connectivity index (χ0n) is 11.9. The molecule has 0 aliphatic rings.